The summed E-state index contributed by atoms with van der Waals surface area (Å²) in [7, 11) is 0. The molecule has 0 aliphatic carbocycles. The van der Waals surface area contributed by atoms with Gasteiger partial charge in [0.25, 0.3) is 5.24 Å². The number of rotatable bonds is 5. The molecule has 0 radical (unpaired) electrons. The fraction of sp³-hybridized carbons (Fsp3) is 0.417. The average Bonchev–Trinajstić information content (AvgIpc) is 2.26. The molecular weight excluding hydrogens is 245 g/mol. The number of carbonyl (C=O) groups excluding carboxylic acids is 1. The zero-order valence-electron chi connectivity index (χ0n) is 9.57. The molecule has 0 saturated carbocycles. The SMILES string of the molecule is CCN(CC)Cc1ccc(C(=O)Cl)cc1.Cl. The van der Waals surface area contributed by atoms with Crippen molar-refractivity contribution in [2.45, 2.75) is 20.4 Å². The fourth-order valence-corrected chi connectivity index (χ4v) is 1.57. The van der Waals surface area contributed by atoms with Crippen LogP contribution in [-0.2, 0) is 6.54 Å². The summed E-state index contributed by atoms with van der Waals surface area (Å²) in [6, 6.07) is 7.45. The predicted molar refractivity (Wildman–Crippen MR) is 70.5 cm³/mol. The molecule has 0 N–H and O–H groups in total. The number of hydrogen-bond acceptors (Lipinski definition) is 2. The van der Waals surface area contributed by atoms with Gasteiger partial charge in [-0.2, -0.15) is 0 Å². The monoisotopic (exact) mass is 261 g/mol. The summed E-state index contributed by atoms with van der Waals surface area (Å²) >= 11 is 5.37. The van der Waals surface area contributed by atoms with E-state index in [1.165, 1.54) is 5.56 Å². The van der Waals surface area contributed by atoms with Crippen LogP contribution in [0.4, 0.5) is 0 Å². The van der Waals surface area contributed by atoms with E-state index < -0.39 is 5.24 Å². The molecule has 2 nitrogen and oxygen atoms in total. The van der Waals surface area contributed by atoms with Gasteiger partial charge in [0.05, 0.1) is 0 Å². The molecule has 90 valence electrons. The molecular formula is C12H17Cl2NO. The third-order valence-corrected chi connectivity index (χ3v) is 2.70. The highest BCUT2D eigenvalue weighted by atomic mass is 35.5. The van der Waals surface area contributed by atoms with Crippen LogP contribution >= 0.6 is 24.0 Å². The Kier molecular flexibility index (Phi) is 7.39. The van der Waals surface area contributed by atoms with Gasteiger partial charge in [0.15, 0.2) is 0 Å². The Balaban J connectivity index is 0.00000225. The molecule has 0 aromatic heterocycles. The third-order valence-electron chi connectivity index (χ3n) is 2.48. The van der Waals surface area contributed by atoms with E-state index in [2.05, 4.69) is 18.7 Å². The smallest absolute Gasteiger partial charge is 0.252 e. The molecule has 0 unspecified atom stereocenters. The van der Waals surface area contributed by atoms with E-state index in [0.717, 1.165) is 19.6 Å². The Hall–Kier alpha value is -0.570. The first kappa shape index (κ1) is 15.4. The predicted octanol–water partition coefficient (Wildman–Crippen LogP) is 3.33. The van der Waals surface area contributed by atoms with E-state index in [0.29, 0.717) is 5.56 Å². The van der Waals surface area contributed by atoms with Gasteiger partial charge in [-0.15, -0.1) is 12.4 Å². The molecule has 0 heterocycles. The summed E-state index contributed by atoms with van der Waals surface area (Å²) in [6.45, 7) is 7.27. The Labute approximate surface area is 108 Å². The molecule has 0 atom stereocenters. The van der Waals surface area contributed by atoms with Gasteiger partial charge in [-0.25, -0.2) is 0 Å². The zero-order chi connectivity index (χ0) is 11.3. The first-order chi connectivity index (χ1) is 7.17. The van der Waals surface area contributed by atoms with E-state index in [1.807, 2.05) is 12.1 Å². The quantitative estimate of drug-likeness (QED) is 0.758. The van der Waals surface area contributed by atoms with Crippen molar-refractivity contribution < 1.29 is 4.79 Å². The second kappa shape index (κ2) is 7.66. The van der Waals surface area contributed by atoms with Gasteiger partial charge in [-0.1, -0.05) is 26.0 Å². The van der Waals surface area contributed by atoms with Crippen molar-refractivity contribution >= 4 is 29.3 Å². The maximum atomic E-state index is 10.8. The molecule has 1 rings (SSSR count). The second-order valence-electron chi connectivity index (χ2n) is 3.43. The zero-order valence-corrected chi connectivity index (χ0v) is 11.1. The second-order valence-corrected chi connectivity index (χ2v) is 3.78. The van der Waals surface area contributed by atoms with Crippen molar-refractivity contribution in [3.05, 3.63) is 35.4 Å². The van der Waals surface area contributed by atoms with Crippen LogP contribution in [0, 0.1) is 0 Å². The maximum absolute atomic E-state index is 10.8. The minimum atomic E-state index is -0.399. The van der Waals surface area contributed by atoms with Crippen LogP contribution in [0.3, 0.4) is 0 Å². The van der Waals surface area contributed by atoms with E-state index in [9.17, 15) is 4.79 Å². The fourth-order valence-electron chi connectivity index (χ4n) is 1.45. The Morgan fingerprint density at radius 2 is 1.69 bits per heavy atom. The molecule has 16 heavy (non-hydrogen) atoms. The molecule has 0 bridgehead atoms. The lowest BCUT2D eigenvalue weighted by Crippen LogP contribution is -2.22. The lowest BCUT2D eigenvalue weighted by atomic mass is 10.1. The van der Waals surface area contributed by atoms with Crippen LogP contribution in [0.15, 0.2) is 24.3 Å². The summed E-state index contributed by atoms with van der Waals surface area (Å²) < 4.78 is 0. The van der Waals surface area contributed by atoms with Gasteiger partial charge >= 0.3 is 0 Å². The van der Waals surface area contributed by atoms with Gasteiger partial charge in [-0.3, -0.25) is 9.69 Å². The van der Waals surface area contributed by atoms with Crippen LogP contribution in [0.25, 0.3) is 0 Å². The molecule has 1 aromatic rings. The molecule has 0 fully saturated rings. The normalized spacial score (nSPS) is 10.0. The highest BCUT2D eigenvalue weighted by molar-refractivity contribution is 6.67. The van der Waals surface area contributed by atoms with Crippen LogP contribution in [0.2, 0.25) is 0 Å². The summed E-state index contributed by atoms with van der Waals surface area (Å²) in [5, 5.41) is -0.399. The molecule has 0 aliphatic rings. The third kappa shape index (κ3) is 4.52. The minimum absolute atomic E-state index is 0. The number of nitrogens with zero attached hydrogens (tertiary/aromatic N) is 1. The topological polar surface area (TPSA) is 20.3 Å². The maximum Gasteiger partial charge on any atom is 0.252 e. The lowest BCUT2D eigenvalue weighted by Gasteiger charge is -2.17. The number of hydrogen-bond donors (Lipinski definition) is 0. The van der Waals surface area contributed by atoms with Crippen molar-refractivity contribution in [3.63, 3.8) is 0 Å². The van der Waals surface area contributed by atoms with Crippen molar-refractivity contribution in [1.82, 2.24) is 4.90 Å². The standard InChI is InChI=1S/C12H16ClNO.ClH/c1-3-14(4-2)9-10-5-7-11(8-6-10)12(13)15;/h5-8H,3-4,9H2,1-2H3;1H. The largest absolute Gasteiger partial charge is 0.300 e. The number of carbonyl (C=O) groups is 1. The first-order valence-corrected chi connectivity index (χ1v) is 5.56. The molecule has 4 heteroatoms. The van der Waals surface area contributed by atoms with E-state index in [4.69, 9.17) is 11.6 Å². The molecule has 0 aliphatic heterocycles. The highest BCUT2D eigenvalue weighted by Gasteiger charge is 2.03. The number of benzene rings is 1. The molecule has 0 saturated heterocycles. The van der Waals surface area contributed by atoms with Gasteiger partial charge < -0.3 is 0 Å². The highest BCUT2D eigenvalue weighted by Crippen LogP contribution is 2.09. The van der Waals surface area contributed by atoms with Gasteiger partial charge in [0.2, 0.25) is 0 Å². The van der Waals surface area contributed by atoms with Crippen molar-refractivity contribution in [2.24, 2.45) is 0 Å². The molecule has 1 aromatic carbocycles. The first-order valence-electron chi connectivity index (χ1n) is 5.18. The van der Waals surface area contributed by atoms with Crippen LogP contribution in [-0.4, -0.2) is 23.2 Å². The van der Waals surface area contributed by atoms with Crippen LogP contribution in [0.5, 0.6) is 0 Å². The Bertz CT molecular complexity index is 320. The summed E-state index contributed by atoms with van der Waals surface area (Å²) in [6.07, 6.45) is 0. The summed E-state index contributed by atoms with van der Waals surface area (Å²) in [5.74, 6) is 0. The van der Waals surface area contributed by atoms with Crippen molar-refractivity contribution in [1.29, 1.82) is 0 Å². The van der Waals surface area contributed by atoms with Gasteiger partial charge in [0.1, 0.15) is 0 Å². The van der Waals surface area contributed by atoms with Gasteiger partial charge in [-0.05, 0) is 42.4 Å². The van der Waals surface area contributed by atoms with E-state index in [-0.39, 0.29) is 12.4 Å². The van der Waals surface area contributed by atoms with Crippen LogP contribution < -0.4 is 0 Å². The van der Waals surface area contributed by atoms with E-state index >= 15 is 0 Å². The van der Waals surface area contributed by atoms with Crippen molar-refractivity contribution in [3.8, 4) is 0 Å². The lowest BCUT2D eigenvalue weighted by molar-refractivity contribution is 0.108. The Morgan fingerprint density at radius 1 is 1.19 bits per heavy atom. The van der Waals surface area contributed by atoms with E-state index in [1.54, 1.807) is 12.1 Å². The molecule has 0 spiro atoms. The Morgan fingerprint density at radius 3 is 2.06 bits per heavy atom. The summed E-state index contributed by atoms with van der Waals surface area (Å²) in [5.41, 5.74) is 1.76. The minimum Gasteiger partial charge on any atom is -0.300 e. The number of halogens is 2. The van der Waals surface area contributed by atoms with Crippen LogP contribution in [0.1, 0.15) is 29.8 Å². The molecule has 0 amide bonds. The summed E-state index contributed by atoms with van der Waals surface area (Å²) in [4.78, 5) is 13.2. The van der Waals surface area contributed by atoms with Crippen molar-refractivity contribution in [2.75, 3.05) is 13.1 Å². The van der Waals surface area contributed by atoms with Gasteiger partial charge in [0, 0.05) is 12.1 Å². The average molecular weight is 262 g/mol.